The molecule has 20 heavy (non-hydrogen) atoms. The average molecular weight is 363 g/mol. The molecule has 0 saturated heterocycles. The van der Waals surface area contributed by atoms with Gasteiger partial charge in [0.25, 0.3) is 0 Å². The van der Waals surface area contributed by atoms with Gasteiger partial charge in [-0.25, -0.2) is 13.1 Å². The zero-order valence-corrected chi connectivity index (χ0v) is 15.0. The summed E-state index contributed by atoms with van der Waals surface area (Å²) in [5, 5.41) is 0. The molecule has 0 aliphatic heterocycles. The fraction of sp³-hybridized carbons (Fsp3) is 0.571. The molecular weight excluding hydrogens is 340 g/mol. The van der Waals surface area contributed by atoms with Gasteiger partial charge < -0.3 is 4.90 Å². The van der Waals surface area contributed by atoms with Crippen LogP contribution in [0.1, 0.15) is 19.4 Å². The van der Waals surface area contributed by atoms with E-state index in [1.54, 1.807) is 19.1 Å². The van der Waals surface area contributed by atoms with Crippen molar-refractivity contribution in [2.24, 2.45) is 5.92 Å². The van der Waals surface area contributed by atoms with Gasteiger partial charge in [-0.15, -0.1) is 0 Å². The molecule has 0 bridgehead atoms. The van der Waals surface area contributed by atoms with Crippen molar-refractivity contribution in [3.05, 3.63) is 28.2 Å². The average Bonchev–Trinajstić information content (AvgIpc) is 2.31. The molecule has 4 nitrogen and oxygen atoms in total. The third-order valence-corrected chi connectivity index (χ3v) is 5.41. The molecule has 0 aliphatic carbocycles. The third-order valence-electron chi connectivity index (χ3n) is 3.36. The zero-order valence-electron chi connectivity index (χ0n) is 12.6. The van der Waals surface area contributed by atoms with Gasteiger partial charge >= 0.3 is 0 Å². The molecule has 0 aromatic heterocycles. The standard InChI is InChI=1S/C14H23BrN2O2S/c1-10(2)13(17(4)5)9-16-20(18,19)14-8-12(15)7-6-11(14)3/h6-8,10,13,16H,9H2,1-5H3. The number of nitrogens with zero attached hydrogens (tertiary/aromatic N) is 1. The lowest BCUT2D eigenvalue weighted by Crippen LogP contribution is -2.43. The minimum Gasteiger partial charge on any atom is -0.305 e. The Bertz CT molecular complexity index is 548. The first-order valence-electron chi connectivity index (χ1n) is 6.57. The molecule has 0 radical (unpaired) electrons. The van der Waals surface area contributed by atoms with Crippen molar-refractivity contribution in [2.75, 3.05) is 20.6 Å². The van der Waals surface area contributed by atoms with E-state index < -0.39 is 10.0 Å². The minimum atomic E-state index is -3.48. The van der Waals surface area contributed by atoms with E-state index in [2.05, 4.69) is 34.5 Å². The van der Waals surface area contributed by atoms with E-state index in [0.29, 0.717) is 17.4 Å². The Morgan fingerprint density at radius 1 is 1.30 bits per heavy atom. The predicted octanol–water partition coefficient (Wildman–Crippen LogP) is 2.62. The number of nitrogens with one attached hydrogen (secondary N) is 1. The van der Waals surface area contributed by atoms with Crippen LogP contribution in [-0.2, 0) is 10.0 Å². The van der Waals surface area contributed by atoms with Gasteiger partial charge in [-0.3, -0.25) is 0 Å². The number of aryl methyl sites for hydroxylation is 1. The van der Waals surface area contributed by atoms with Crippen molar-refractivity contribution in [1.82, 2.24) is 9.62 Å². The summed E-state index contributed by atoms with van der Waals surface area (Å²) in [7, 11) is 0.441. The molecule has 0 amide bonds. The van der Waals surface area contributed by atoms with Crippen molar-refractivity contribution in [3.8, 4) is 0 Å². The number of sulfonamides is 1. The highest BCUT2D eigenvalue weighted by Crippen LogP contribution is 2.20. The van der Waals surface area contributed by atoms with Crippen molar-refractivity contribution in [3.63, 3.8) is 0 Å². The van der Waals surface area contributed by atoms with Gasteiger partial charge in [0.05, 0.1) is 4.90 Å². The number of halogens is 1. The summed E-state index contributed by atoms with van der Waals surface area (Å²) in [4.78, 5) is 2.37. The Kier molecular flexibility index (Phi) is 6.19. The summed E-state index contributed by atoms with van der Waals surface area (Å²) in [6, 6.07) is 5.44. The fourth-order valence-corrected chi connectivity index (χ4v) is 3.98. The summed E-state index contributed by atoms with van der Waals surface area (Å²) >= 11 is 3.31. The van der Waals surface area contributed by atoms with Gasteiger partial charge in [-0.05, 0) is 44.6 Å². The summed E-state index contributed by atoms with van der Waals surface area (Å²) in [5.41, 5.74) is 0.742. The van der Waals surface area contributed by atoms with E-state index in [-0.39, 0.29) is 6.04 Å². The summed E-state index contributed by atoms with van der Waals surface area (Å²) in [6.45, 7) is 6.37. The van der Waals surface area contributed by atoms with Crippen molar-refractivity contribution in [2.45, 2.75) is 31.7 Å². The minimum absolute atomic E-state index is 0.164. The smallest absolute Gasteiger partial charge is 0.240 e. The lowest BCUT2D eigenvalue weighted by molar-refractivity contribution is 0.233. The molecule has 114 valence electrons. The molecule has 0 aliphatic rings. The van der Waals surface area contributed by atoms with Gasteiger partial charge in [-0.1, -0.05) is 35.8 Å². The first-order valence-corrected chi connectivity index (χ1v) is 8.85. The van der Waals surface area contributed by atoms with E-state index in [9.17, 15) is 8.42 Å². The second-order valence-corrected chi connectivity index (χ2v) is 8.19. The number of rotatable bonds is 6. The molecule has 0 heterocycles. The molecule has 0 fully saturated rings. The molecule has 1 aromatic rings. The van der Waals surface area contributed by atoms with Crippen molar-refractivity contribution < 1.29 is 8.42 Å². The Morgan fingerprint density at radius 3 is 2.40 bits per heavy atom. The van der Waals surface area contributed by atoms with Gasteiger partial charge in [-0.2, -0.15) is 0 Å². The van der Waals surface area contributed by atoms with Crippen LogP contribution in [0.3, 0.4) is 0 Å². The molecule has 1 N–H and O–H groups in total. The van der Waals surface area contributed by atoms with Crippen LogP contribution < -0.4 is 4.72 Å². The van der Waals surface area contributed by atoms with E-state index >= 15 is 0 Å². The first-order chi connectivity index (χ1) is 9.15. The maximum atomic E-state index is 12.4. The van der Waals surface area contributed by atoms with Crippen LogP contribution in [0.5, 0.6) is 0 Å². The van der Waals surface area contributed by atoms with Gasteiger partial charge in [0.2, 0.25) is 10.0 Å². The highest BCUT2D eigenvalue weighted by atomic mass is 79.9. The third kappa shape index (κ3) is 4.55. The lowest BCUT2D eigenvalue weighted by Gasteiger charge is -2.28. The molecular formula is C14H23BrN2O2S. The van der Waals surface area contributed by atoms with E-state index in [1.165, 1.54) is 0 Å². The van der Waals surface area contributed by atoms with E-state index in [4.69, 9.17) is 0 Å². The summed E-state index contributed by atoms with van der Waals surface area (Å²) < 4.78 is 28.3. The normalized spacial score (nSPS) is 14.0. The SMILES string of the molecule is Cc1ccc(Br)cc1S(=O)(=O)NCC(C(C)C)N(C)C. The molecule has 0 spiro atoms. The van der Waals surface area contributed by atoms with Gasteiger partial charge in [0.15, 0.2) is 0 Å². The van der Waals surface area contributed by atoms with Crippen LogP contribution in [0.2, 0.25) is 0 Å². The Balaban J connectivity index is 2.93. The Labute approximate surface area is 130 Å². The second kappa shape index (κ2) is 7.02. The molecule has 6 heteroatoms. The molecule has 1 aromatic carbocycles. The summed E-state index contributed by atoms with van der Waals surface area (Å²) in [5.74, 6) is 0.372. The number of hydrogen-bond donors (Lipinski definition) is 1. The number of likely N-dealkylation sites (N-methyl/N-ethyl adjacent to an activating group) is 1. The number of benzene rings is 1. The van der Waals surface area contributed by atoms with E-state index in [0.717, 1.165) is 10.0 Å². The molecule has 0 saturated carbocycles. The van der Waals surface area contributed by atoms with Crippen LogP contribution in [0.25, 0.3) is 0 Å². The molecule has 1 unspecified atom stereocenters. The predicted molar refractivity (Wildman–Crippen MR) is 86.4 cm³/mol. The first kappa shape index (κ1) is 17.6. The number of hydrogen-bond acceptors (Lipinski definition) is 3. The monoisotopic (exact) mass is 362 g/mol. The van der Waals surface area contributed by atoms with E-state index in [1.807, 2.05) is 25.1 Å². The maximum absolute atomic E-state index is 12.4. The zero-order chi connectivity index (χ0) is 15.5. The topological polar surface area (TPSA) is 49.4 Å². The molecule has 1 rings (SSSR count). The highest BCUT2D eigenvalue weighted by Gasteiger charge is 2.21. The maximum Gasteiger partial charge on any atom is 0.240 e. The van der Waals surface area contributed by atoms with Crippen LogP contribution in [0, 0.1) is 12.8 Å². The lowest BCUT2D eigenvalue weighted by atomic mass is 10.0. The Hall–Kier alpha value is -0.430. The Morgan fingerprint density at radius 2 is 1.90 bits per heavy atom. The van der Waals surface area contributed by atoms with Gasteiger partial charge in [0.1, 0.15) is 0 Å². The largest absolute Gasteiger partial charge is 0.305 e. The second-order valence-electron chi connectivity index (χ2n) is 5.54. The van der Waals surface area contributed by atoms with Crippen molar-refractivity contribution in [1.29, 1.82) is 0 Å². The van der Waals surface area contributed by atoms with Gasteiger partial charge in [0, 0.05) is 17.1 Å². The van der Waals surface area contributed by atoms with Crippen LogP contribution in [0.4, 0.5) is 0 Å². The highest BCUT2D eigenvalue weighted by molar-refractivity contribution is 9.10. The molecule has 1 atom stereocenters. The van der Waals surface area contributed by atoms with Crippen molar-refractivity contribution >= 4 is 26.0 Å². The summed E-state index contributed by atoms with van der Waals surface area (Å²) in [6.07, 6.45) is 0. The van der Waals surface area contributed by atoms with Crippen LogP contribution in [-0.4, -0.2) is 40.0 Å². The quantitative estimate of drug-likeness (QED) is 0.845. The van der Waals surface area contributed by atoms with Crippen LogP contribution in [0.15, 0.2) is 27.6 Å². The fourth-order valence-electron chi connectivity index (χ4n) is 2.15. The van der Waals surface area contributed by atoms with Crippen LogP contribution >= 0.6 is 15.9 Å².